The van der Waals surface area contributed by atoms with Crippen LogP contribution in [0.15, 0.2) is 24.3 Å². The minimum Gasteiger partial charge on any atom is -0.496 e. The third kappa shape index (κ3) is 2.53. The maximum atomic E-state index is 13.0. The molecule has 0 spiro atoms. The van der Waals surface area contributed by atoms with Gasteiger partial charge in [-0.15, -0.1) is 0 Å². The molecule has 2 atom stereocenters. The van der Waals surface area contributed by atoms with Gasteiger partial charge >= 0.3 is 0 Å². The van der Waals surface area contributed by atoms with Crippen molar-refractivity contribution in [2.24, 2.45) is 0 Å². The standard InChI is InChI=1S/C13H18FNO/c1-16-13-5-3-2-4-10(13)8-9-15-12-7-6-11(12)14/h2-5,11-12,15H,6-9H2,1H3. The highest BCUT2D eigenvalue weighted by Gasteiger charge is 2.29. The van der Waals surface area contributed by atoms with Gasteiger partial charge in [-0.3, -0.25) is 0 Å². The number of para-hydroxylation sites is 1. The molecule has 3 heteroatoms. The van der Waals surface area contributed by atoms with Gasteiger partial charge in [-0.2, -0.15) is 0 Å². The highest BCUT2D eigenvalue weighted by atomic mass is 19.1. The Kier molecular flexibility index (Phi) is 3.78. The SMILES string of the molecule is COc1ccccc1CCNC1CCC1F. The third-order valence-electron chi connectivity index (χ3n) is 3.18. The first-order chi connectivity index (χ1) is 7.81. The van der Waals surface area contributed by atoms with Crippen molar-refractivity contribution in [1.82, 2.24) is 5.32 Å². The molecule has 16 heavy (non-hydrogen) atoms. The average molecular weight is 223 g/mol. The van der Waals surface area contributed by atoms with Crippen molar-refractivity contribution in [2.75, 3.05) is 13.7 Å². The van der Waals surface area contributed by atoms with E-state index in [1.54, 1.807) is 7.11 Å². The van der Waals surface area contributed by atoms with Gasteiger partial charge in [-0.25, -0.2) is 4.39 Å². The summed E-state index contributed by atoms with van der Waals surface area (Å²) in [6.45, 7) is 0.811. The predicted octanol–water partition coefficient (Wildman–Crippen LogP) is 2.33. The van der Waals surface area contributed by atoms with Gasteiger partial charge in [0.15, 0.2) is 0 Å². The molecule has 0 bridgehead atoms. The van der Waals surface area contributed by atoms with Gasteiger partial charge in [-0.05, 0) is 37.4 Å². The van der Waals surface area contributed by atoms with Gasteiger partial charge in [0.1, 0.15) is 11.9 Å². The van der Waals surface area contributed by atoms with Crippen LogP contribution in [0, 0.1) is 0 Å². The van der Waals surface area contributed by atoms with Gasteiger partial charge < -0.3 is 10.1 Å². The molecule has 88 valence electrons. The first-order valence-corrected chi connectivity index (χ1v) is 5.80. The smallest absolute Gasteiger partial charge is 0.122 e. The number of ether oxygens (including phenoxy) is 1. The molecule has 1 aromatic rings. The molecular weight excluding hydrogens is 205 g/mol. The fraction of sp³-hybridized carbons (Fsp3) is 0.538. The van der Waals surface area contributed by atoms with Crippen LogP contribution < -0.4 is 10.1 Å². The first kappa shape index (κ1) is 11.4. The van der Waals surface area contributed by atoms with E-state index >= 15 is 0 Å². The Morgan fingerprint density at radius 3 is 2.81 bits per heavy atom. The molecule has 2 nitrogen and oxygen atoms in total. The van der Waals surface area contributed by atoms with Crippen molar-refractivity contribution in [1.29, 1.82) is 0 Å². The van der Waals surface area contributed by atoms with Crippen molar-refractivity contribution in [3.8, 4) is 5.75 Å². The quantitative estimate of drug-likeness (QED) is 0.827. The Balaban J connectivity index is 1.80. The molecule has 1 aliphatic carbocycles. The molecule has 0 aliphatic heterocycles. The molecule has 2 unspecified atom stereocenters. The third-order valence-corrected chi connectivity index (χ3v) is 3.18. The summed E-state index contributed by atoms with van der Waals surface area (Å²) in [6, 6.07) is 8.04. The maximum absolute atomic E-state index is 13.0. The van der Waals surface area contributed by atoms with E-state index in [4.69, 9.17) is 4.74 Å². The molecule has 0 heterocycles. The second-order valence-corrected chi connectivity index (χ2v) is 4.22. The van der Waals surface area contributed by atoms with Gasteiger partial charge in [0, 0.05) is 6.04 Å². The van der Waals surface area contributed by atoms with E-state index in [0.717, 1.165) is 25.1 Å². The molecular formula is C13H18FNO. The molecule has 1 fully saturated rings. The van der Waals surface area contributed by atoms with E-state index in [1.165, 1.54) is 5.56 Å². The van der Waals surface area contributed by atoms with Crippen molar-refractivity contribution < 1.29 is 9.13 Å². The summed E-state index contributed by atoms with van der Waals surface area (Å²) in [5.74, 6) is 0.912. The average Bonchev–Trinajstić information content (AvgIpc) is 2.33. The predicted molar refractivity (Wildman–Crippen MR) is 62.6 cm³/mol. The molecule has 0 radical (unpaired) electrons. The Hall–Kier alpha value is -1.09. The number of hydrogen-bond donors (Lipinski definition) is 1. The molecule has 1 aliphatic rings. The van der Waals surface area contributed by atoms with Crippen LogP contribution in [0.4, 0.5) is 4.39 Å². The number of halogens is 1. The van der Waals surface area contributed by atoms with E-state index in [-0.39, 0.29) is 6.04 Å². The maximum Gasteiger partial charge on any atom is 0.122 e. The number of rotatable bonds is 5. The second-order valence-electron chi connectivity index (χ2n) is 4.22. The number of nitrogens with one attached hydrogen (secondary N) is 1. The Morgan fingerprint density at radius 1 is 1.38 bits per heavy atom. The second kappa shape index (κ2) is 5.30. The molecule has 1 saturated carbocycles. The van der Waals surface area contributed by atoms with Gasteiger partial charge in [-0.1, -0.05) is 18.2 Å². The van der Waals surface area contributed by atoms with Crippen molar-refractivity contribution in [3.05, 3.63) is 29.8 Å². The van der Waals surface area contributed by atoms with Crippen molar-refractivity contribution >= 4 is 0 Å². The zero-order valence-electron chi connectivity index (χ0n) is 9.58. The Morgan fingerprint density at radius 2 is 2.19 bits per heavy atom. The van der Waals surface area contributed by atoms with E-state index < -0.39 is 6.17 Å². The highest BCUT2D eigenvalue weighted by molar-refractivity contribution is 5.33. The zero-order valence-corrected chi connectivity index (χ0v) is 9.58. The fourth-order valence-corrected chi connectivity index (χ4v) is 1.99. The monoisotopic (exact) mass is 223 g/mol. The number of hydrogen-bond acceptors (Lipinski definition) is 2. The lowest BCUT2D eigenvalue weighted by Crippen LogP contribution is -2.46. The zero-order chi connectivity index (χ0) is 11.4. The van der Waals surface area contributed by atoms with Crippen LogP contribution >= 0.6 is 0 Å². The van der Waals surface area contributed by atoms with Crippen LogP contribution in [-0.4, -0.2) is 25.9 Å². The normalized spacial score (nSPS) is 23.9. The molecule has 0 saturated heterocycles. The lowest BCUT2D eigenvalue weighted by atomic mass is 9.90. The van der Waals surface area contributed by atoms with Crippen LogP contribution in [0.1, 0.15) is 18.4 Å². The number of methoxy groups -OCH3 is 1. The highest BCUT2D eigenvalue weighted by Crippen LogP contribution is 2.23. The summed E-state index contributed by atoms with van der Waals surface area (Å²) < 4.78 is 18.2. The van der Waals surface area contributed by atoms with Crippen molar-refractivity contribution in [2.45, 2.75) is 31.5 Å². The molecule has 1 aromatic carbocycles. The van der Waals surface area contributed by atoms with Gasteiger partial charge in [0.25, 0.3) is 0 Å². The minimum absolute atomic E-state index is 0.0784. The summed E-state index contributed by atoms with van der Waals surface area (Å²) in [4.78, 5) is 0. The lowest BCUT2D eigenvalue weighted by molar-refractivity contribution is 0.143. The fourth-order valence-electron chi connectivity index (χ4n) is 1.99. The molecule has 0 aromatic heterocycles. The molecule has 2 rings (SSSR count). The van der Waals surface area contributed by atoms with Crippen LogP contribution in [0.2, 0.25) is 0 Å². The Bertz CT molecular complexity index is 342. The van der Waals surface area contributed by atoms with Crippen LogP contribution in [0.5, 0.6) is 5.75 Å². The number of benzene rings is 1. The van der Waals surface area contributed by atoms with E-state index in [1.807, 2.05) is 24.3 Å². The van der Waals surface area contributed by atoms with Crippen LogP contribution in [-0.2, 0) is 6.42 Å². The van der Waals surface area contributed by atoms with E-state index in [0.29, 0.717) is 6.42 Å². The lowest BCUT2D eigenvalue weighted by Gasteiger charge is -2.31. The topological polar surface area (TPSA) is 21.3 Å². The molecule has 0 amide bonds. The molecule has 1 N–H and O–H groups in total. The van der Waals surface area contributed by atoms with Crippen LogP contribution in [0.3, 0.4) is 0 Å². The Labute approximate surface area is 95.8 Å². The van der Waals surface area contributed by atoms with Crippen LogP contribution in [0.25, 0.3) is 0 Å². The number of alkyl halides is 1. The van der Waals surface area contributed by atoms with E-state index in [9.17, 15) is 4.39 Å². The first-order valence-electron chi connectivity index (χ1n) is 5.80. The largest absolute Gasteiger partial charge is 0.496 e. The summed E-state index contributed by atoms with van der Waals surface area (Å²) in [6.07, 6.45) is 1.92. The van der Waals surface area contributed by atoms with Gasteiger partial charge in [0.05, 0.1) is 7.11 Å². The summed E-state index contributed by atoms with van der Waals surface area (Å²) >= 11 is 0. The summed E-state index contributed by atoms with van der Waals surface area (Å²) in [5, 5.41) is 3.24. The summed E-state index contributed by atoms with van der Waals surface area (Å²) in [5.41, 5.74) is 1.17. The minimum atomic E-state index is -0.641. The van der Waals surface area contributed by atoms with Crippen molar-refractivity contribution in [3.63, 3.8) is 0 Å². The van der Waals surface area contributed by atoms with Gasteiger partial charge in [0.2, 0.25) is 0 Å². The summed E-state index contributed by atoms with van der Waals surface area (Å²) in [7, 11) is 1.68. The van der Waals surface area contributed by atoms with E-state index in [2.05, 4.69) is 5.32 Å².